The van der Waals surface area contributed by atoms with Gasteiger partial charge in [-0.3, -0.25) is 4.79 Å². The van der Waals surface area contributed by atoms with Gasteiger partial charge >= 0.3 is 6.30 Å². The van der Waals surface area contributed by atoms with E-state index in [4.69, 9.17) is 5.73 Å². The Labute approximate surface area is 197 Å². The number of amides is 1. The predicted molar refractivity (Wildman–Crippen MR) is 124 cm³/mol. The predicted octanol–water partition coefficient (Wildman–Crippen LogP) is 4.70. The van der Waals surface area contributed by atoms with Gasteiger partial charge in [0.1, 0.15) is 5.82 Å². The highest BCUT2D eigenvalue weighted by Crippen LogP contribution is 2.26. The molecule has 172 valence electrons. The number of aromatic nitrogens is 3. The van der Waals surface area contributed by atoms with Crippen LogP contribution in [0.1, 0.15) is 32.6 Å². The zero-order valence-corrected chi connectivity index (χ0v) is 18.7. The third kappa shape index (κ3) is 5.27. The molecule has 3 heterocycles. The van der Waals surface area contributed by atoms with Crippen molar-refractivity contribution < 1.29 is 18.0 Å². The summed E-state index contributed by atoms with van der Waals surface area (Å²) in [5.74, 6) is 5.83. The van der Waals surface area contributed by atoms with E-state index in [1.165, 1.54) is 6.20 Å². The number of hydrogen-bond donors (Lipinski definition) is 2. The van der Waals surface area contributed by atoms with Gasteiger partial charge in [0.2, 0.25) is 0 Å². The first-order chi connectivity index (χ1) is 16.2. The summed E-state index contributed by atoms with van der Waals surface area (Å²) in [6.07, 6.45) is -1.28. The van der Waals surface area contributed by atoms with Crippen molar-refractivity contribution in [3.05, 3.63) is 87.5 Å². The number of nitrogens with one attached hydrogen (secondary N) is 1. The lowest BCUT2D eigenvalue weighted by Gasteiger charge is -2.06. The fourth-order valence-electron chi connectivity index (χ4n) is 3.05. The highest BCUT2D eigenvalue weighted by Gasteiger charge is 2.31. The molecule has 0 saturated carbocycles. The number of benzene rings is 1. The van der Waals surface area contributed by atoms with Gasteiger partial charge < -0.3 is 11.1 Å². The molecule has 0 spiro atoms. The molecule has 0 aliphatic carbocycles. The molecular formula is C24H18F3N5OS. The van der Waals surface area contributed by atoms with E-state index in [1.807, 2.05) is 23.8 Å². The number of alkyl halides is 3. The van der Waals surface area contributed by atoms with E-state index in [-0.39, 0.29) is 22.0 Å². The van der Waals surface area contributed by atoms with Gasteiger partial charge in [0.15, 0.2) is 0 Å². The fourth-order valence-corrected chi connectivity index (χ4v) is 3.72. The average Bonchev–Trinajstić information content (AvgIpc) is 3.50. The zero-order chi connectivity index (χ0) is 24.3. The standard InChI is InChI=1S/C24H18F3N5OS/c1-15-2-3-19(23(33)30-10-16-6-7-34-14-16)8-17(15)4-5-18-9-20(11-29-22(18)28)21-12-31-32(13-21)24(25,26)27/h2-3,6-9,11-14H,10H2,1H3,(H2,28,29)(H,30,33). The third-order valence-electron chi connectivity index (χ3n) is 4.96. The number of nitrogen functional groups attached to an aromatic ring is 1. The van der Waals surface area contributed by atoms with Crippen LogP contribution in [0.15, 0.2) is 59.7 Å². The van der Waals surface area contributed by atoms with Crippen molar-refractivity contribution in [3.8, 4) is 23.0 Å². The van der Waals surface area contributed by atoms with Gasteiger partial charge in [-0.05, 0) is 53.1 Å². The molecule has 3 N–H and O–H groups in total. The van der Waals surface area contributed by atoms with Crippen molar-refractivity contribution in [2.45, 2.75) is 19.8 Å². The molecule has 0 radical (unpaired) electrons. The minimum absolute atomic E-state index is 0.0810. The second kappa shape index (κ2) is 9.41. The molecule has 10 heteroatoms. The van der Waals surface area contributed by atoms with Gasteiger partial charge in [0.25, 0.3) is 5.91 Å². The number of aryl methyl sites for hydroxylation is 1. The lowest BCUT2D eigenvalue weighted by Crippen LogP contribution is -2.22. The maximum atomic E-state index is 12.8. The summed E-state index contributed by atoms with van der Waals surface area (Å²) >= 11 is 1.56. The van der Waals surface area contributed by atoms with Crippen molar-refractivity contribution in [2.24, 2.45) is 0 Å². The summed E-state index contributed by atoms with van der Waals surface area (Å²) in [5, 5.41) is 10.1. The topological polar surface area (TPSA) is 85.8 Å². The Morgan fingerprint density at radius 3 is 2.65 bits per heavy atom. The molecule has 0 saturated heterocycles. The van der Waals surface area contributed by atoms with E-state index in [2.05, 4.69) is 27.2 Å². The smallest absolute Gasteiger partial charge is 0.383 e. The minimum Gasteiger partial charge on any atom is -0.383 e. The first-order valence-electron chi connectivity index (χ1n) is 10.0. The second-order valence-electron chi connectivity index (χ2n) is 7.39. The molecule has 3 aromatic heterocycles. The van der Waals surface area contributed by atoms with E-state index in [1.54, 1.807) is 35.6 Å². The minimum atomic E-state index is -4.61. The SMILES string of the molecule is Cc1ccc(C(=O)NCc2ccsc2)cc1C#Cc1cc(-c2cnn(C(F)(F)F)c2)cnc1N. The summed E-state index contributed by atoms with van der Waals surface area (Å²) in [4.78, 5) is 16.6. The lowest BCUT2D eigenvalue weighted by molar-refractivity contribution is -0.212. The number of carbonyl (C=O) groups is 1. The van der Waals surface area contributed by atoms with Crippen molar-refractivity contribution in [2.75, 3.05) is 5.73 Å². The molecule has 6 nitrogen and oxygen atoms in total. The highest BCUT2D eigenvalue weighted by atomic mass is 32.1. The lowest BCUT2D eigenvalue weighted by atomic mass is 10.0. The van der Waals surface area contributed by atoms with Crippen LogP contribution < -0.4 is 11.1 Å². The number of pyridine rings is 1. The Hall–Kier alpha value is -4.10. The molecule has 34 heavy (non-hydrogen) atoms. The van der Waals surface area contributed by atoms with Gasteiger partial charge in [-0.1, -0.05) is 17.9 Å². The monoisotopic (exact) mass is 481 g/mol. The van der Waals surface area contributed by atoms with Gasteiger partial charge in [0.05, 0.1) is 11.8 Å². The number of anilines is 1. The molecule has 0 aliphatic rings. The molecule has 4 rings (SSSR count). The fraction of sp³-hybridized carbons (Fsp3) is 0.125. The summed E-state index contributed by atoms with van der Waals surface area (Å²) in [6.45, 7) is 2.29. The summed E-state index contributed by atoms with van der Waals surface area (Å²) in [6, 6.07) is 8.70. The third-order valence-corrected chi connectivity index (χ3v) is 5.69. The number of carbonyl (C=O) groups excluding carboxylic acids is 1. The number of rotatable bonds is 4. The van der Waals surface area contributed by atoms with E-state index in [0.29, 0.717) is 28.8 Å². The Kier molecular flexibility index (Phi) is 6.38. The maximum absolute atomic E-state index is 12.8. The van der Waals surface area contributed by atoms with Crippen LogP contribution in [-0.4, -0.2) is 20.7 Å². The maximum Gasteiger partial charge on any atom is 0.504 e. The summed E-state index contributed by atoms with van der Waals surface area (Å²) in [7, 11) is 0. The van der Waals surface area contributed by atoms with E-state index in [0.717, 1.165) is 23.5 Å². The van der Waals surface area contributed by atoms with Crippen molar-refractivity contribution in [1.82, 2.24) is 20.1 Å². The molecule has 0 bridgehead atoms. The van der Waals surface area contributed by atoms with Gasteiger partial charge in [-0.25, -0.2) is 4.98 Å². The normalized spacial score (nSPS) is 11.1. The van der Waals surface area contributed by atoms with Gasteiger partial charge in [-0.2, -0.15) is 21.1 Å². The highest BCUT2D eigenvalue weighted by molar-refractivity contribution is 7.07. The number of nitrogens with two attached hydrogens (primary N) is 1. The van der Waals surface area contributed by atoms with Crippen molar-refractivity contribution in [3.63, 3.8) is 0 Å². The van der Waals surface area contributed by atoms with Crippen LogP contribution in [0.4, 0.5) is 19.0 Å². The molecular weight excluding hydrogens is 463 g/mol. The van der Waals surface area contributed by atoms with Crippen LogP contribution in [0, 0.1) is 18.8 Å². The quantitative estimate of drug-likeness (QED) is 0.414. The first kappa shape index (κ1) is 23.1. The molecule has 0 atom stereocenters. The number of thiophene rings is 1. The Morgan fingerprint density at radius 2 is 1.94 bits per heavy atom. The second-order valence-corrected chi connectivity index (χ2v) is 8.17. The number of hydrogen-bond acceptors (Lipinski definition) is 5. The van der Waals surface area contributed by atoms with E-state index in [9.17, 15) is 18.0 Å². The Bertz CT molecular complexity index is 1400. The number of halogens is 3. The van der Waals surface area contributed by atoms with Crippen LogP contribution >= 0.6 is 11.3 Å². The Balaban J connectivity index is 1.57. The molecule has 0 unspecified atom stereocenters. The van der Waals surface area contributed by atoms with Crippen LogP contribution in [0.5, 0.6) is 0 Å². The van der Waals surface area contributed by atoms with Crippen LogP contribution in [0.2, 0.25) is 0 Å². The molecule has 1 amide bonds. The largest absolute Gasteiger partial charge is 0.504 e. The van der Waals surface area contributed by atoms with E-state index >= 15 is 0 Å². The van der Waals surface area contributed by atoms with Gasteiger partial charge in [0, 0.05) is 41.2 Å². The van der Waals surface area contributed by atoms with Crippen molar-refractivity contribution in [1.29, 1.82) is 0 Å². The average molecular weight is 482 g/mol. The van der Waals surface area contributed by atoms with Crippen molar-refractivity contribution >= 4 is 23.1 Å². The molecule has 0 fully saturated rings. The molecule has 4 aromatic rings. The number of nitrogens with zero attached hydrogens (tertiary/aromatic N) is 3. The van der Waals surface area contributed by atoms with Gasteiger partial charge in [-0.15, -0.1) is 13.2 Å². The van der Waals surface area contributed by atoms with Crippen LogP contribution in [0.25, 0.3) is 11.1 Å². The summed E-state index contributed by atoms with van der Waals surface area (Å²) in [5.41, 5.74) is 9.87. The molecule has 1 aromatic carbocycles. The summed E-state index contributed by atoms with van der Waals surface area (Å²) < 4.78 is 38.4. The van der Waals surface area contributed by atoms with Crippen LogP contribution in [-0.2, 0) is 12.8 Å². The Morgan fingerprint density at radius 1 is 1.15 bits per heavy atom. The van der Waals surface area contributed by atoms with E-state index < -0.39 is 6.30 Å². The first-order valence-corrected chi connectivity index (χ1v) is 10.9. The zero-order valence-electron chi connectivity index (χ0n) is 17.8. The molecule has 0 aliphatic heterocycles. The van der Waals surface area contributed by atoms with Crippen LogP contribution in [0.3, 0.4) is 0 Å².